The molecule has 2 saturated heterocycles. The number of carbonyl (C=O) groups is 1. The van der Waals surface area contributed by atoms with E-state index in [1.165, 1.54) is 0 Å². The molecule has 2 aromatic rings. The van der Waals surface area contributed by atoms with Gasteiger partial charge in [-0.15, -0.1) is 10.2 Å². The Hall–Kier alpha value is -2.61. The largest absolute Gasteiger partial charge is 0.492 e. The fraction of sp³-hybridized carbons (Fsp3) is 0.550. The topological polar surface area (TPSA) is 80.9 Å². The van der Waals surface area contributed by atoms with Crippen LogP contribution >= 0.6 is 0 Å². The number of aryl methyl sites for hydroxylation is 1. The molecule has 1 spiro atoms. The van der Waals surface area contributed by atoms with Gasteiger partial charge in [-0.25, -0.2) is 4.79 Å². The van der Waals surface area contributed by atoms with E-state index in [2.05, 4.69) is 15.1 Å². The van der Waals surface area contributed by atoms with Crippen LogP contribution in [0, 0.1) is 0 Å². The van der Waals surface area contributed by atoms with Crippen molar-refractivity contribution in [2.45, 2.75) is 38.3 Å². The summed E-state index contributed by atoms with van der Waals surface area (Å²) in [6.07, 6.45) is 2.12. The van der Waals surface area contributed by atoms with Gasteiger partial charge in [-0.3, -0.25) is 4.90 Å². The Bertz CT molecular complexity index is 787. The van der Waals surface area contributed by atoms with Gasteiger partial charge in [-0.2, -0.15) is 0 Å². The van der Waals surface area contributed by atoms with E-state index in [0.717, 1.165) is 38.1 Å². The number of hydrogen-bond acceptors (Lipinski definition) is 7. The lowest BCUT2D eigenvalue weighted by atomic mass is 9.91. The summed E-state index contributed by atoms with van der Waals surface area (Å²) in [6, 6.07) is 9.62. The molecule has 3 heterocycles. The highest BCUT2D eigenvalue weighted by atomic mass is 16.6. The van der Waals surface area contributed by atoms with Crippen molar-refractivity contribution in [1.29, 1.82) is 0 Å². The molecule has 2 fully saturated rings. The molecule has 0 bridgehead atoms. The first-order valence-electron chi connectivity index (χ1n) is 9.85. The van der Waals surface area contributed by atoms with Gasteiger partial charge in [-0.1, -0.05) is 25.1 Å². The van der Waals surface area contributed by atoms with Gasteiger partial charge in [0, 0.05) is 32.4 Å². The standard InChI is InChI=1S/C20H26N4O4/c1-2-17-21-22-18(27-17)14-23-10-8-20(9-11-23)15-24(19(25)28-20)12-13-26-16-6-4-3-5-7-16/h3-7H,2,8-15H2,1H3. The van der Waals surface area contributed by atoms with Gasteiger partial charge in [0.05, 0.1) is 19.6 Å². The molecule has 1 amide bonds. The third-order valence-electron chi connectivity index (χ3n) is 5.35. The van der Waals surface area contributed by atoms with Crippen molar-refractivity contribution in [2.75, 3.05) is 32.8 Å². The molecule has 28 heavy (non-hydrogen) atoms. The Labute approximate surface area is 164 Å². The molecule has 4 rings (SSSR count). The molecular formula is C20H26N4O4. The number of benzene rings is 1. The predicted molar refractivity (Wildman–Crippen MR) is 101 cm³/mol. The summed E-state index contributed by atoms with van der Waals surface area (Å²) in [6.45, 7) is 5.92. The summed E-state index contributed by atoms with van der Waals surface area (Å²) in [5, 5.41) is 8.10. The molecule has 8 nitrogen and oxygen atoms in total. The van der Waals surface area contributed by atoms with Crippen LogP contribution in [0.25, 0.3) is 0 Å². The molecule has 1 aromatic heterocycles. The monoisotopic (exact) mass is 386 g/mol. The first-order valence-corrected chi connectivity index (χ1v) is 9.85. The second kappa shape index (κ2) is 8.18. The summed E-state index contributed by atoms with van der Waals surface area (Å²) < 4.78 is 17.1. The quantitative estimate of drug-likeness (QED) is 0.723. The zero-order chi connectivity index (χ0) is 19.4. The van der Waals surface area contributed by atoms with E-state index in [4.69, 9.17) is 13.9 Å². The van der Waals surface area contributed by atoms with Crippen molar-refractivity contribution in [2.24, 2.45) is 0 Å². The maximum absolute atomic E-state index is 12.3. The molecule has 0 N–H and O–H groups in total. The second-order valence-electron chi connectivity index (χ2n) is 7.35. The number of para-hydroxylation sites is 1. The molecule has 0 radical (unpaired) electrons. The van der Waals surface area contributed by atoms with Gasteiger partial charge in [0.15, 0.2) is 0 Å². The van der Waals surface area contributed by atoms with Crippen LogP contribution in [0.1, 0.15) is 31.5 Å². The summed E-state index contributed by atoms with van der Waals surface area (Å²) in [5.74, 6) is 2.13. The van der Waals surface area contributed by atoms with Crippen LogP contribution in [0.3, 0.4) is 0 Å². The summed E-state index contributed by atoms with van der Waals surface area (Å²) in [7, 11) is 0. The maximum Gasteiger partial charge on any atom is 0.410 e. The van der Waals surface area contributed by atoms with Gasteiger partial charge < -0.3 is 18.8 Å². The second-order valence-corrected chi connectivity index (χ2v) is 7.35. The predicted octanol–water partition coefficient (Wildman–Crippen LogP) is 2.50. The lowest BCUT2D eigenvalue weighted by Gasteiger charge is -2.36. The van der Waals surface area contributed by atoms with Crippen LogP contribution in [-0.2, 0) is 17.7 Å². The van der Waals surface area contributed by atoms with E-state index in [1.54, 1.807) is 4.90 Å². The maximum atomic E-state index is 12.3. The van der Waals surface area contributed by atoms with E-state index in [9.17, 15) is 4.79 Å². The Morgan fingerprint density at radius 2 is 1.89 bits per heavy atom. The Morgan fingerprint density at radius 1 is 1.14 bits per heavy atom. The minimum atomic E-state index is -0.385. The van der Waals surface area contributed by atoms with Crippen LogP contribution in [0.15, 0.2) is 34.7 Å². The van der Waals surface area contributed by atoms with Crippen LogP contribution in [-0.4, -0.2) is 64.5 Å². The van der Waals surface area contributed by atoms with Gasteiger partial charge in [0.25, 0.3) is 0 Å². The molecule has 1 aromatic carbocycles. The third kappa shape index (κ3) is 4.27. The van der Waals surface area contributed by atoms with E-state index < -0.39 is 0 Å². The zero-order valence-electron chi connectivity index (χ0n) is 16.2. The molecule has 0 aliphatic carbocycles. The van der Waals surface area contributed by atoms with E-state index in [0.29, 0.717) is 38.0 Å². The molecule has 2 aliphatic heterocycles. The van der Waals surface area contributed by atoms with Crippen LogP contribution in [0.4, 0.5) is 4.79 Å². The number of likely N-dealkylation sites (tertiary alicyclic amines) is 1. The fourth-order valence-electron chi connectivity index (χ4n) is 3.72. The number of piperidine rings is 1. The number of nitrogens with zero attached hydrogens (tertiary/aromatic N) is 4. The van der Waals surface area contributed by atoms with Crippen molar-refractivity contribution >= 4 is 6.09 Å². The lowest BCUT2D eigenvalue weighted by molar-refractivity contribution is -0.00306. The highest BCUT2D eigenvalue weighted by molar-refractivity contribution is 5.70. The molecule has 150 valence electrons. The lowest BCUT2D eigenvalue weighted by Crippen LogP contribution is -2.46. The Kier molecular flexibility index (Phi) is 5.47. The Balaban J connectivity index is 1.24. The summed E-state index contributed by atoms with van der Waals surface area (Å²) in [5.41, 5.74) is -0.385. The molecule has 0 saturated carbocycles. The van der Waals surface area contributed by atoms with Crippen molar-refractivity contribution in [3.8, 4) is 5.75 Å². The van der Waals surface area contributed by atoms with Gasteiger partial charge in [0.1, 0.15) is 18.0 Å². The van der Waals surface area contributed by atoms with Gasteiger partial charge >= 0.3 is 6.09 Å². The average molecular weight is 386 g/mol. The number of rotatable bonds is 7. The van der Waals surface area contributed by atoms with E-state index >= 15 is 0 Å². The molecular weight excluding hydrogens is 360 g/mol. The van der Waals surface area contributed by atoms with Gasteiger partial charge in [0.2, 0.25) is 11.8 Å². The van der Waals surface area contributed by atoms with Crippen molar-refractivity contribution in [3.05, 3.63) is 42.1 Å². The normalized spacial score (nSPS) is 19.2. The Morgan fingerprint density at radius 3 is 2.61 bits per heavy atom. The highest BCUT2D eigenvalue weighted by Crippen LogP contribution is 2.33. The minimum absolute atomic E-state index is 0.241. The molecule has 0 atom stereocenters. The minimum Gasteiger partial charge on any atom is -0.492 e. The van der Waals surface area contributed by atoms with Crippen LogP contribution in [0.2, 0.25) is 0 Å². The number of hydrogen-bond donors (Lipinski definition) is 0. The summed E-state index contributed by atoms with van der Waals surface area (Å²) in [4.78, 5) is 16.3. The number of carbonyl (C=O) groups excluding carboxylic acids is 1. The smallest absolute Gasteiger partial charge is 0.410 e. The first kappa shape index (κ1) is 18.7. The number of ether oxygens (including phenoxy) is 2. The SMILES string of the molecule is CCc1nnc(CN2CCC3(CC2)CN(CCOc2ccccc2)C(=O)O3)o1. The van der Waals surface area contributed by atoms with E-state index in [-0.39, 0.29) is 11.7 Å². The number of amides is 1. The molecule has 2 aliphatic rings. The van der Waals surface area contributed by atoms with Gasteiger partial charge in [-0.05, 0) is 12.1 Å². The van der Waals surface area contributed by atoms with E-state index in [1.807, 2.05) is 37.3 Å². The van der Waals surface area contributed by atoms with Crippen LogP contribution in [0.5, 0.6) is 5.75 Å². The highest BCUT2D eigenvalue weighted by Gasteiger charge is 2.46. The molecule has 8 heteroatoms. The average Bonchev–Trinajstić information content (AvgIpc) is 3.29. The fourth-order valence-corrected chi connectivity index (χ4v) is 3.72. The number of aromatic nitrogens is 2. The van der Waals surface area contributed by atoms with Crippen molar-refractivity contribution in [3.63, 3.8) is 0 Å². The zero-order valence-corrected chi connectivity index (χ0v) is 16.2. The van der Waals surface area contributed by atoms with Crippen LogP contribution < -0.4 is 4.74 Å². The first-order chi connectivity index (χ1) is 13.7. The molecule has 0 unspecified atom stereocenters. The van der Waals surface area contributed by atoms with Crippen molar-refractivity contribution in [1.82, 2.24) is 20.0 Å². The third-order valence-corrected chi connectivity index (χ3v) is 5.35. The summed E-state index contributed by atoms with van der Waals surface area (Å²) >= 11 is 0. The van der Waals surface area contributed by atoms with Crippen molar-refractivity contribution < 1.29 is 18.7 Å².